The molecule has 0 radical (unpaired) electrons. The molecule has 15 heavy (non-hydrogen) atoms. The maximum absolute atomic E-state index is 10.5. The Labute approximate surface area is 84.9 Å². The molecule has 1 N–H and O–H groups in total. The Hall–Kier alpha value is -2.30. The molecule has 0 spiro atoms. The van der Waals surface area contributed by atoms with Gasteiger partial charge in [-0.1, -0.05) is 18.2 Å². The minimum absolute atomic E-state index is 0.0846. The Kier molecular flexibility index (Phi) is 2.37. The molecule has 0 fully saturated rings. The molecule has 0 unspecified atom stereocenters. The van der Waals surface area contributed by atoms with Gasteiger partial charge in [-0.2, -0.15) is 4.98 Å². The van der Waals surface area contributed by atoms with Crippen LogP contribution in [0.1, 0.15) is 10.5 Å². The maximum Gasteiger partial charge on any atom is 0.399 e. The molecule has 0 bridgehead atoms. The van der Waals surface area contributed by atoms with Gasteiger partial charge in [0.15, 0.2) is 5.69 Å². The van der Waals surface area contributed by atoms with Crippen LogP contribution in [-0.4, -0.2) is 16.1 Å². The Bertz CT molecular complexity index is 463. The van der Waals surface area contributed by atoms with E-state index in [1.54, 1.807) is 24.3 Å². The molecule has 1 aromatic carbocycles. The summed E-state index contributed by atoms with van der Waals surface area (Å²) in [6, 6.07) is 8.84. The number of para-hydroxylation sites is 1. The SMILES string of the molecule is O=C(O)c1coc(Oc2ccccc2)n1. The molecule has 76 valence electrons. The van der Waals surface area contributed by atoms with Gasteiger partial charge in [0.2, 0.25) is 0 Å². The summed E-state index contributed by atoms with van der Waals surface area (Å²) in [5.41, 5.74) is -0.180. The van der Waals surface area contributed by atoms with Crippen LogP contribution < -0.4 is 4.74 Å². The molecule has 0 aliphatic rings. The number of benzene rings is 1. The van der Waals surface area contributed by atoms with E-state index in [1.807, 2.05) is 6.07 Å². The number of aromatic nitrogens is 1. The first-order chi connectivity index (χ1) is 7.25. The average molecular weight is 205 g/mol. The normalized spacial score (nSPS) is 9.87. The number of carbonyl (C=O) groups is 1. The molecule has 0 aliphatic carbocycles. The summed E-state index contributed by atoms with van der Waals surface area (Å²) in [5.74, 6) is -0.613. The lowest BCUT2D eigenvalue weighted by molar-refractivity contribution is 0.0690. The molecule has 2 aromatic rings. The summed E-state index contributed by atoms with van der Waals surface area (Å²) in [7, 11) is 0. The van der Waals surface area contributed by atoms with Gasteiger partial charge in [0.1, 0.15) is 12.0 Å². The molecule has 0 saturated heterocycles. The largest absolute Gasteiger partial charge is 0.476 e. The van der Waals surface area contributed by atoms with E-state index in [4.69, 9.17) is 14.3 Å². The number of carboxylic acids is 1. The van der Waals surface area contributed by atoms with Crippen molar-refractivity contribution in [3.8, 4) is 11.8 Å². The van der Waals surface area contributed by atoms with Crippen LogP contribution in [0.4, 0.5) is 0 Å². The van der Waals surface area contributed by atoms with Crippen LogP contribution in [0, 0.1) is 0 Å². The smallest absolute Gasteiger partial charge is 0.399 e. The number of aromatic carboxylic acids is 1. The number of hydrogen-bond acceptors (Lipinski definition) is 4. The van der Waals surface area contributed by atoms with Crippen LogP contribution in [0.2, 0.25) is 0 Å². The lowest BCUT2D eigenvalue weighted by Gasteiger charge is -1.97. The van der Waals surface area contributed by atoms with E-state index in [9.17, 15) is 4.79 Å². The molecular weight excluding hydrogens is 198 g/mol. The second-order valence-corrected chi connectivity index (χ2v) is 2.72. The molecule has 1 heterocycles. The van der Waals surface area contributed by atoms with E-state index in [-0.39, 0.29) is 11.8 Å². The third-order valence-electron chi connectivity index (χ3n) is 1.65. The van der Waals surface area contributed by atoms with E-state index in [0.717, 1.165) is 6.26 Å². The first-order valence-corrected chi connectivity index (χ1v) is 4.17. The number of hydrogen-bond donors (Lipinski definition) is 1. The van der Waals surface area contributed by atoms with Crippen molar-refractivity contribution in [3.63, 3.8) is 0 Å². The lowest BCUT2D eigenvalue weighted by atomic mass is 10.3. The Balaban J connectivity index is 2.15. The summed E-state index contributed by atoms with van der Waals surface area (Å²) in [6.07, 6.45) is 0.944. The van der Waals surface area contributed by atoms with Gasteiger partial charge < -0.3 is 14.3 Å². The number of ether oxygens (including phenoxy) is 1. The minimum Gasteiger partial charge on any atom is -0.476 e. The topological polar surface area (TPSA) is 72.6 Å². The number of rotatable bonds is 3. The van der Waals surface area contributed by atoms with Crippen molar-refractivity contribution in [2.45, 2.75) is 0 Å². The van der Waals surface area contributed by atoms with Crippen molar-refractivity contribution >= 4 is 5.97 Å². The predicted molar refractivity (Wildman–Crippen MR) is 50.0 cm³/mol. The summed E-state index contributed by atoms with van der Waals surface area (Å²) >= 11 is 0. The summed E-state index contributed by atoms with van der Waals surface area (Å²) in [4.78, 5) is 14.1. The van der Waals surface area contributed by atoms with Gasteiger partial charge in [0, 0.05) is 0 Å². The van der Waals surface area contributed by atoms with Crippen molar-refractivity contribution in [1.29, 1.82) is 0 Å². The van der Waals surface area contributed by atoms with Crippen LogP contribution in [0.15, 0.2) is 41.0 Å². The zero-order chi connectivity index (χ0) is 10.7. The van der Waals surface area contributed by atoms with Gasteiger partial charge in [-0.05, 0) is 12.1 Å². The van der Waals surface area contributed by atoms with Gasteiger partial charge in [0.25, 0.3) is 0 Å². The molecule has 0 saturated carbocycles. The fourth-order valence-corrected chi connectivity index (χ4v) is 0.992. The number of oxazole rings is 1. The summed E-state index contributed by atoms with van der Waals surface area (Å²) < 4.78 is 9.98. The fraction of sp³-hybridized carbons (Fsp3) is 0. The van der Waals surface area contributed by atoms with E-state index in [2.05, 4.69) is 4.98 Å². The monoisotopic (exact) mass is 205 g/mol. The van der Waals surface area contributed by atoms with Crippen LogP contribution in [0.25, 0.3) is 0 Å². The molecule has 5 heteroatoms. The molecule has 0 amide bonds. The van der Waals surface area contributed by atoms with Crippen LogP contribution in [-0.2, 0) is 0 Å². The standard InChI is InChI=1S/C10H7NO4/c12-9(13)8-6-14-10(11-8)15-7-4-2-1-3-5-7/h1-6H,(H,12,13). The quantitative estimate of drug-likeness (QED) is 0.831. The molecule has 2 rings (SSSR count). The van der Waals surface area contributed by atoms with Gasteiger partial charge >= 0.3 is 12.0 Å². The van der Waals surface area contributed by atoms with Crippen LogP contribution in [0.3, 0.4) is 0 Å². The molecule has 1 aromatic heterocycles. The highest BCUT2D eigenvalue weighted by Crippen LogP contribution is 2.19. The third kappa shape index (κ3) is 2.14. The highest BCUT2D eigenvalue weighted by atomic mass is 16.6. The molecule has 0 aliphatic heterocycles. The number of nitrogens with zero attached hydrogens (tertiary/aromatic N) is 1. The number of carboxylic acid groups (broad SMARTS) is 1. The van der Waals surface area contributed by atoms with E-state index in [1.165, 1.54) is 0 Å². The predicted octanol–water partition coefficient (Wildman–Crippen LogP) is 2.17. The zero-order valence-electron chi connectivity index (χ0n) is 7.58. The van der Waals surface area contributed by atoms with Gasteiger partial charge in [-0.15, -0.1) is 0 Å². The van der Waals surface area contributed by atoms with Crippen molar-refractivity contribution in [2.75, 3.05) is 0 Å². The van der Waals surface area contributed by atoms with Gasteiger partial charge in [-0.3, -0.25) is 0 Å². The van der Waals surface area contributed by atoms with Crippen LogP contribution >= 0.6 is 0 Å². The second kappa shape index (κ2) is 3.83. The lowest BCUT2D eigenvalue weighted by Crippen LogP contribution is -1.95. The van der Waals surface area contributed by atoms with Gasteiger partial charge in [0.05, 0.1) is 0 Å². The Morgan fingerprint density at radius 3 is 2.67 bits per heavy atom. The van der Waals surface area contributed by atoms with Crippen LogP contribution in [0.5, 0.6) is 11.8 Å². The van der Waals surface area contributed by atoms with E-state index >= 15 is 0 Å². The maximum atomic E-state index is 10.5. The van der Waals surface area contributed by atoms with E-state index in [0.29, 0.717) is 5.75 Å². The third-order valence-corrected chi connectivity index (χ3v) is 1.65. The molecular formula is C10H7NO4. The Morgan fingerprint density at radius 1 is 1.33 bits per heavy atom. The van der Waals surface area contributed by atoms with Gasteiger partial charge in [-0.25, -0.2) is 4.79 Å². The van der Waals surface area contributed by atoms with E-state index < -0.39 is 5.97 Å². The first-order valence-electron chi connectivity index (χ1n) is 4.17. The van der Waals surface area contributed by atoms with Crippen molar-refractivity contribution in [3.05, 3.63) is 42.3 Å². The fourth-order valence-electron chi connectivity index (χ4n) is 0.992. The second-order valence-electron chi connectivity index (χ2n) is 2.72. The highest BCUT2D eigenvalue weighted by molar-refractivity contribution is 5.84. The minimum atomic E-state index is -1.15. The highest BCUT2D eigenvalue weighted by Gasteiger charge is 2.11. The van der Waals surface area contributed by atoms with Crippen molar-refractivity contribution < 1.29 is 19.1 Å². The first kappa shape index (κ1) is 9.26. The summed E-state index contributed by atoms with van der Waals surface area (Å²) in [6.45, 7) is 0. The Morgan fingerprint density at radius 2 is 2.07 bits per heavy atom. The van der Waals surface area contributed by atoms with Crippen molar-refractivity contribution in [2.24, 2.45) is 0 Å². The van der Waals surface area contributed by atoms with Crippen molar-refractivity contribution in [1.82, 2.24) is 4.98 Å². The molecule has 5 nitrogen and oxygen atoms in total. The summed E-state index contributed by atoms with van der Waals surface area (Å²) in [5, 5.41) is 8.59. The zero-order valence-corrected chi connectivity index (χ0v) is 7.58. The molecule has 0 atom stereocenters. The average Bonchev–Trinajstić information content (AvgIpc) is 2.68.